The zero-order chi connectivity index (χ0) is 23.5. The molecule has 5 rings (SSSR count). The number of piperazine rings is 1. The van der Waals surface area contributed by atoms with Crippen LogP contribution < -0.4 is 5.56 Å². The van der Waals surface area contributed by atoms with Crippen LogP contribution in [0.5, 0.6) is 0 Å². The molecule has 0 N–H and O–H groups in total. The third-order valence-electron chi connectivity index (χ3n) is 5.89. The predicted octanol–water partition coefficient (Wildman–Crippen LogP) is 3.56. The number of benzene rings is 2. The van der Waals surface area contributed by atoms with Crippen molar-refractivity contribution in [2.75, 3.05) is 31.9 Å². The van der Waals surface area contributed by atoms with Crippen molar-refractivity contribution in [2.24, 2.45) is 0 Å². The van der Waals surface area contributed by atoms with Gasteiger partial charge in [-0.2, -0.15) is 9.61 Å². The second-order valence-corrected chi connectivity index (χ2v) is 10.3. The van der Waals surface area contributed by atoms with Crippen LogP contribution in [0.4, 0.5) is 0 Å². The van der Waals surface area contributed by atoms with Crippen LogP contribution in [-0.4, -0.2) is 62.2 Å². The Bertz CT molecular complexity index is 1360. The lowest BCUT2D eigenvalue weighted by Gasteiger charge is -2.34. The number of aromatic nitrogens is 3. The second kappa shape index (κ2) is 10.1. The Morgan fingerprint density at radius 2 is 1.76 bits per heavy atom. The van der Waals surface area contributed by atoms with Crippen molar-refractivity contribution in [2.45, 2.75) is 18.4 Å². The molecule has 7 nitrogen and oxygen atoms in total. The Morgan fingerprint density at radius 1 is 1.03 bits per heavy atom. The van der Waals surface area contributed by atoms with Crippen molar-refractivity contribution < 1.29 is 4.79 Å². The number of aryl methyl sites for hydroxylation is 1. The number of carbonyl (C=O) groups is 1. The van der Waals surface area contributed by atoms with Gasteiger partial charge in [0, 0.05) is 49.2 Å². The molecule has 0 saturated carbocycles. The smallest absolute Gasteiger partial charge is 0.275 e. The highest BCUT2D eigenvalue weighted by molar-refractivity contribution is 8.00. The second-order valence-electron chi connectivity index (χ2n) is 8.26. The molecule has 2 aromatic carbocycles. The Kier molecular flexibility index (Phi) is 6.75. The summed E-state index contributed by atoms with van der Waals surface area (Å²) in [6.07, 6.45) is 0. The van der Waals surface area contributed by atoms with Crippen LogP contribution in [0, 0.1) is 6.92 Å². The van der Waals surface area contributed by atoms with Crippen molar-refractivity contribution in [1.82, 2.24) is 24.4 Å². The highest BCUT2D eigenvalue weighted by Gasteiger charge is 2.22. The zero-order valence-corrected chi connectivity index (χ0v) is 20.5. The van der Waals surface area contributed by atoms with Crippen LogP contribution in [-0.2, 0) is 11.3 Å². The van der Waals surface area contributed by atoms with Crippen molar-refractivity contribution in [3.05, 3.63) is 82.3 Å². The highest BCUT2D eigenvalue weighted by atomic mass is 32.2. The predicted molar refractivity (Wildman–Crippen MR) is 136 cm³/mol. The molecule has 0 unspecified atom stereocenters. The van der Waals surface area contributed by atoms with E-state index in [2.05, 4.69) is 10.00 Å². The number of rotatable bonds is 6. The maximum atomic E-state index is 12.7. The highest BCUT2D eigenvalue weighted by Crippen LogP contribution is 2.27. The molecule has 4 aromatic rings. The lowest BCUT2D eigenvalue weighted by atomic mass is 10.1. The first-order valence-electron chi connectivity index (χ1n) is 11.2. The lowest BCUT2D eigenvalue weighted by Crippen LogP contribution is -2.49. The van der Waals surface area contributed by atoms with Gasteiger partial charge in [0.05, 0.1) is 11.4 Å². The molecule has 1 amide bonds. The van der Waals surface area contributed by atoms with Crippen LogP contribution in [0.1, 0.15) is 11.3 Å². The van der Waals surface area contributed by atoms with E-state index in [1.54, 1.807) is 17.8 Å². The molecule has 2 aromatic heterocycles. The molecule has 3 heterocycles. The van der Waals surface area contributed by atoms with E-state index < -0.39 is 0 Å². The summed E-state index contributed by atoms with van der Waals surface area (Å²) >= 11 is 3.00. The van der Waals surface area contributed by atoms with Crippen LogP contribution in [0.2, 0.25) is 0 Å². The average Bonchev–Trinajstić information content (AvgIpc) is 3.28. The van der Waals surface area contributed by atoms with Gasteiger partial charge in [-0.25, -0.2) is 4.98 Å². The van der Waals surface area contributed by atoms with Gasteiger partial charge in [0.25, 0.3) is 5.56 Å². The number of carbonyl (C=O) groups excluding carboxylic acids is 1. The van der Waals surface area contributed by atoms with E-state index in [-0.39, 0.29) is 11.5 Å². The molecule has 0 spiro atoms. The summed E-state index contributed by atoms with van der Waals surface area (Å²) in [5.41, 5.74) is 2.71. The van der Waals surface area contributed by atoms with Gasteiger partial charge in [-0.1, -0.05) is 53.8 Å². The number of thioether (sulfide) groups is 1. The maximum absolute atomic E-state index is 12.7. The van der Waals surface area contributed by atoms with Gasteiger partial charge in [0.15, 0.2) is 0 Å². The fourth-order valence-corrected chi connectivity index (χ4v) is 5.83. The molecule has 174 valence electrons. The molecule has 34 heavy (non-hydrogen) atoms. The van der Waals surface area contributed by atoms with Gasteiger partial charge in [0.1, 0.15) is 5.01 Å². The summed E-state index contributed by atoms with van der Waals surface area (Å²) in [6.45, 7) is 5.53. The quantitative estimate of drug-likeness (QED) is 0.384. The van der Waals surface area contributed by atoms with E-state index in [0.717, 1.165) is 39.8 Å². The third-order valence-corrected chi connectivity index (χ3v) is 7.83. The van der Waals surface area contributed by atoms with Gasteiger partial charge in [-0.3, -0.25) is 14.5 Å². The van der Waals surface area contributed by atoms with Crippen molar-refractivity contribution in [3.63, 3.8) is 0 Å². The van der Waals surface area contributed by atoms with Gasteiger partial charge in [-0.15, -0.1) is 11.8 Å². The Morgan fingerprint density at radius 3 is 2.53 bits per heavy atom. The summed E-state index contributed by atoms with van der Waals surface area (Å²) in [4.78, 5) is 35.9. The number of nitrogens with zero attached hydrogens (tertiary/aromatic N) is 5. The Balaban J connectivity index is 1.21. The van der Waals surface area contributed by atoms with Gasteiger partial charge >= 0.3 is 0 Å². The molecule has 0 aliphatic carbocycles. The SMILES string of the molecule is Cc1ccccc1-c1nn2c(=O)cc(CN3CCN(C(=O)CSc4ccccc4)CC3)nc2s1. The first-order valence-corrected chi connectivity index (χ1v) is 13.0. The van der Waals surface area contributed by atoms with Gasteiger partial charge in [0.2, 0.25) is 10.9 Å². The van der Waals surface area contributed by atoms with Crippen molar-refractivity contribution in [1.29, 1.82) is 0 Å². The summed E-state index contributed by atoms with van der Waals surface area (Å²) in [6, 6.07) is 19.6. The average molecular weight is 492 g/mol. The first kappa shape index (κ1) is 22.8. The number of hydrogen-bond acceptors (Lipinski definition) is 7. The minimum absolute atomic E-state index is 0.164. The van der Waals surface area contributed by atoms with Crippen LogP contribution in [0.3, 0.4) is 0 Å². The standard InChI is InChI=1S/C25H25N5O2S2/c1-18-7-5-6-10-21(18)24-27-30-22(31)15-19(26-25(30)34-24)16-28-11-13-29(14-12-28)23(32)17-33-20-8-3-2-4-9-20/h2-10,15H,11-14,16-17H2,1H3. The largest absolute Gasteiger partial charge is 0.339 e. The van der Waals surface area contributed by atoms with E-state index >= 15 is 0 Å². The van der Waals surface area contributed by atoms with Crippen molar-refractivity contribution >= 4 is 34.0 Å². The minimum atomic E-state index is -0.164. The molecule has 0 atom stereocenters. The first-order chi connectivity index (χ1) is 16.6. The summed E-state index contributed by atoms with van der Waals surface area (Å²) < 4.78 is 1.39. The molecule has 1 saturated heterocycles. The normalized spacial score (nSPS) is 14.6. The molecule has 9 heteroatoms. The van der Waals surface area contributed by atoms with E-state index in [1.165, 1.54) is 15.9 Å². The molecule has 1 aliphatic heterocycles. The monoisotopic (exact) mass is 491 g/mol. The maximum Gasteiger partial charge on any atom is 0.275 e. The molecule has 1 fully saturated rings. The van der Waals surface area contributed by atoms with Gasteiger partial charge < -0.3 is 4.90 Å². The minimum Gasteiger partial charge on any atom is -0.339 e. The van der Waals surface area contributed by atoms with E-state index in [0.29, 0.717) is 30.3 Å². The summed E-state index contributed by atoms with van der Waals surface area (Å²) in [7, 11) is 0. The number of hydrogen-bond donors (Lipinski definition) is 0. The fraction of sp³-hybridized carbons (Fsp3) is 0.280. The fourth-order valence-electron chi connectivity index (χ4n) is 4.00. The zero-order valence-electron chi connectivity index (χ0n) is 18.9. The third kappa shape index (κ3) is 5.06. The van der Waals surface area contributed by atoms with Crippen LogP contribution >= 0.6 is 23.1 Å². The molecule has 1 aliphatic rings. The van der Waals surface area contributed by atoms with Gasteiger partial charge in [-0.05, 0) is 24.6 Å². The summed E-state index contributed by atoms with van der Waals surface area (Å²) in [5, 5.41) is 5.29. The molecule has 0 bridgehead atoms. The van der Waals surface area contributed by atoms with E-state index in [9.17, 15) is 9.59 Å². The van der Waals surface area contributed by atoms with E-state index in [4.69, 9.17) is 4.98 Å². The summed E-state index contributed by atoms with van der Waals surface area (Å²) in [5.74, 6) is 0.618. The number of amides is 1. The molecule has 0 radical (unpaired) electrons. The Labute approximate surface area is 206 Å². The van der Waals surface area contributed by atoms with Crippen molar-refractivity contribution in [3.8, 4) is 10.6 Å². The Hall–Kier alpha value is -3.01. The van der Waals surface area contributed by atoms with Crippen LogP contribution in [0.15, 0.2) is 70.4 Å². The lowest BCUT2D eigenvalue weighted by molar-refractivity contribution is -0.130. The topological polar surface area (TPSA) is 70.8 Å². The number of fused-ring (bicyclic) bond motifs is 1. The van der Waals surface area contributed by atoms with Crippen LogP contribution in [0.25, 0.3) is 15.5 Å². The molecular weight excluding hydrogens is 466 g/mol. The van der Waals surface area contributed by atoms with E-state index in [1.807, 2.05) is 66.4 Å². The molecular formula is C25H25N5O2S2.